The second-order valence-electron chi connectivity index (χ2n) is 6.51. The molecule has 1 aliphatic rings. The fourth-order valence-corrected chi connectivity index (χ4v) is 3.34. The zero-order valence-electron chi connectivity index (χ0n) is 14.6. The van der Waals surface area contributed by atoms with Crippen molar-refractivity contribution < 1.29 is 8.78 Å². The van der Waals surface area contributed by atoms with E-state index in [0.717, 1.165) is 17.2 Å². The van der Waals surface area contributed by atoms with E-state index < -0.39 is 11.6 Å². The molecule has 2 N–H and O–H groups in total. The van der Waals surface area contributed by atoms with Crippen molar-refractivity contribution in [1.82, 2.24) is 10.6 Å². The third kappa shape index (κ3) is 3.97. The van der Waals surface area contributed by atoms with Crippen LogP contribution in [0.2, 0.25) is 0 Å². The highest BCUT2D eigenvalue weighted by atomic mass is 19.1. The van der Waals surface area contributed by atoms with Gasteiger partial charge in [0.1, 0.15) is 11.6 Å². The van der Waals surface area contributed by atoms with Crippen molar-refractivity contribution in [2.24, 2.45) is 4.99 Å². The molecule has 3 nitrogen and oxygen atoms in total. The lowest BCUT2D eigenvalue weighted by molar-refractivity contribution is 0.554. The summed E-state index contributed by atoms with van der Waals surface area (Å²) in [6.45, 7) is 0.188. The van der Waals surface area contributed by atoms with Gasteiger partial charge in [0, 0.05) is 6.07 Å². The van der Waals surface area contributed by atoms with Gasteiger partial charge in [-0.15, -0.1) is 0 Å². The molecule has 0 aliphatic carbocycles. The third-order valence-corrected chi connectivity index (χ3v) is 4.58. The van der Waals surface area contributed by atoms with Crippen LogP contribution in [-0.2, 0) is 6.54 Å². The molecule has 0 amide bonds. The molecule has 2 atom stereocenters. The van der Waals surface area contributed by atoms with Crippen molar-refractivity contribution in [3.8, 4) is 0 Å². The van der Waals surface area contributed by atoms with Gasteiger partial charge >= 0.3 is 0 Å². The van der Waals surface area contributed by atoms with Crippen LogP contribution in [0, 0.1) is 11.6 Å². The van der Waals surface area contributed by atoms with E-state index >= 15 is 0 Å². The van der Waals surface area contributed by atoms with E-state index in [9.17, 15) is 8.78 Å². The summed E-state index contributed by atoms with van der Waals surface area (Å²) >= 11 is 0. The number of aliphatic imine (C=N–C) groups is 1. The fourth-order valence-electron chi connectivity index (χ4n) is 3.34. The average molecular weight is 363 g/mol. The van der Waals surface area contributed by atoms with Crippen molar-refractivity contribution in [2.45, 2.75) is 18.6 Å². The normalized spacial score (nSPS) is 20.3. The summed E-state index contributed by atoms with van der Waals surface area (Å²) in [6, 6.07) is 23.7. The number of benzene rings is 3. The van der Waals surface area contributed by atoms with Crippen LogP contribution in [0.15, 0.2) is 83.9 Å². The Labute approximate surface area is 156 Å². The van der Waals surface area contributed by atoms with Gasteiger partial charge in [0.2, 0.25) is 0 Å². The molecular weight excluding hydrogens is 344 g/mol. The van der Waals surface area contributed by atoms with Crippen LogP contribution in [0.4, 0.5) is 8.78 Å². The quantitative estimate of drug-likeness (QED) is 0.716. The smallest absolute Gasteiger partial charge is 0.192 e. The molecule has 0 spiro atoms. The van der Waals surface area contributed by atoms with Crippen LogP contribution in [0.3, 0.4) is 0 Å². The summed E-state index contributed by atoms with van der Waals surface area (Å²) in [4.78, 5) is 4.49. The minimum atomic E-state index is -0.595. The lowest BCUT2D eigenvalue weighted by Crippen LogP contribution is -2.25. The van der Waals surface area contributed by atoms with Gasteiger partial charge < -0.3 is 10.6 Å². The number of guanidine groups is 1. The van der Waals surface area contributed by atoms with Crippen molar-refractivity contribution in [1.29, 1.82) is 0 Å². The van der Waals surface area contributed by atoms with Crippen molar-refractivity contribution in [2.75, 3.05) is 0 Å². The summed E-state index contributed by atoms with van der Waals surface area (Å²) in [5, 5.41) is 6.81. The van der Waals surface area contributed by atoms with E-state index in [4.69, 9.17) is 0 Å². The summed E-state index contributed by atoms with van der Waals surface area (Å²) in [6.07, 6.45) is 0. The molecule has 1 fully saturated rings. The highest BCUT2D eigenvalue weighted by molar-refractivity contribution is 5.83. The standard InChI is InChI=1S/C22H19F2N3/c23-18-11-15(12-19(24)13-18)14-25-22-26-20(16-7-3-1-4-8-16)21(27-22)17-9-5-2-6-10-17/h1-13,20-21H,14H2,(H2,25,26,27)/t20-,21+. The molecule has 1 heterocycles. The van der Waals surface area contributed by atoms with Gasteiger partial charge in [-0.05, 0) is 28.8 Å². The Kier molecular flexibility index (Phi) is 4.83. The highest BCUT2D eigenvalue weighted by Gasteiger charge is 2.32. The van der Waals surface area contributed by atoms with E-state index in [1.807, 2.05) is 36.4 Å². The number of hydrogen-bond donors (Lipinski definition) is 2. The van der Waals surface area contributed by atoms with Crippen LogP contribution >= 0.6 is 0 Å². The molecule has 1 aliphatic heterocycles. The molecule has 0 radical (unpaired) electrons. The van der Waals surface area contributed by atoms with Crippen molar-refractivity contribution in [3.05, 3.63) is 107 Å². The van der Waals surface area contributed by atoms with Crippen molar-refractivity contribution in [3.63, 3.8) is 0 Å². The van der Waals surface area contributed by atoms with Gasteiger partial charge in [-0.3, -0.25) is 0 Å². The largest absolute Gasteiger partial charge is 0.347 e. The number of rotatable bonds is 4. The van der Waals surface area contributed by atoms with E-state index in [0.29, 0.717) is 11.5 Å². The fraction of sp³-hybridized carbons (Fsp3) is 0.136. The molecule has 3 aromatic rings. The first-order valence-corrected chi connectivity index (χ1v) is 8.81. The first-order valence-electron chi connectivity index (χ1n) is 8.81. The van der Waals surface area contributed by atoms with Gasteiger partial charge in [0.15, 0.2) is 5.96 Å². The van der Waals surface area contributed by atoms with E-state index in [1.165, 1.54) is 12.1 Å². The molecule has 0 saturated carbocycles. The third-order valence-electron chi connectivity index (χ3n) is 4.58. The molecule has 4 rings (SSSR count). The SMILES string of the molecule is Fc1cc(F)cc(CN=C2N[C@H](c3ccccc3)[C@H](c3ccccc3)N2)c1. The monoisotopic (exact) mass is 363 g/mol. The second kappa shape index (κ2) is 7.58. The summed E-state index contributed by atoms with van der Waals surface area (Å²) in [5.41, 5.74) is 2.77. The maximum Gasteiger partial charge on any atom is 0.192 e. The minimum absolute atomic E-state index is 0.0107. The Morgan fingerprint density at radius 3 is 1.67 bits per heavy atom. The zero-order valence-corrected chi connectivity index (χ0v) is 14.6. The highest BCUT2D eigenvalue weighted by Crippen LogP contribution is 2.32. The number of nitrogens with zero attached hydrogens (tertiary/aromatic N) is 1. The molecule has 0 bridgehead atoms. The number of hydrogen-bond acceptors (Lipinski definition) is 1. The Morgan fingerprint density at radius 2 is 1.19 bits per heavy atom. The van der Waals surface area contributed by atoms with Crippen LogP contribution in [0.5, 0.6) is 0 Å². The van der Waals surface area contributed by atoms with E-state index in [2.05, 4.69) is 39.9 Å². The van der Waals surface area contributed by atoms with Crippen LogP contribution in [0.1, 0.15) is 28.8 Å². The molecule has 5 heteroatoms. The van der Waals surface area contributed by atoms with Gasteiger partial charge in [-0.2, -0.15) is 0 Å². The lowest BCUT2D eigenvalue weighted by atomic mass is 9.95. The van der Waals surface area contributed by atoms with Crippen LogP contribution in [-0.4, -0.2) is 5.96 Å². The van der Waals surface area contributed by atoms with Crippen molar-refractivity contribution >= 4 is 5.96 Å². The second-order valence-corrected chi connectivity index (χ2v) is 6.51. The number of halogens is 2. The van der Waals surface area contributed by atoms with Gasteiger partial charge in [0.25, 0.3) is 0 Å². The minimum Gasteiger partial charge on any atom is -0.347 e. The first kappa shape index (κ1) is 17.2. The predicted molar refractivity (Wildman–Crippen MR) is 102 cm³/mol. The maximum absolute atomic E-state index is 13.4. The van der Waals surface area contributed by atoms with Gasteiger partial charge in [-0.1, -0.05) is 60.7 Å². The number of nitrogens with one attached hydrogen (secondary N) is 2. The van der Waals surface area contributed by atoms with Crippen LogP contribution < -0.4 is 10.6 Å². The van der Waals surface area contributed by atoms with Gasteiger partial charge in [0.05, 0.1) is 18.6 Å². The predicted octanol–water partition coefficient (Wildman–Crippen LogP) is 4.50. The van der Waals surface area contributed by atoms with Crippen LogP contribution in [0.25, 0.3) is 0 Å². The Bertz CT molecular complexity index is 873. The molecular formula is C22H19F2N3. The molecule has 3 aromatic carbocycles. The van der Waals surface area contributed by atoms with E-state index in [1.54, 1.807) is 0 Å². The summed E-state index contributed by atoms with van der Waals surface area (Å²) < 4.78 is 26.8. The first-order chi connectivity index (χ1) is 13.2. The topological polar surface area (TPSA) is 36.4 Å². The molecule has 27 heavy (non-hydrogen) atoms. The summed E-state index contributed by atoms with van der Waals surface area (Å²) in [7, 11) is 0. The summed E-state index contributed by atoms with van der Waals surface area (Å²) in [5.74, 6) is -0.578. The molecule has 0 unspecified atom stereocenters. The average Bonchev–Trinajstić information content (AvgIpc) is 3.11. The molecule has 136 valence electrons. The Hall–Kier alpha value is -3.21. The molecule has 1 saturated heterocycles. The zero-order chi connectivity index (χ0) is 18.6. The maximum atomic E-state index is 13.4. The Morgan fingerprint density at radius 1 is 0.704 bits per heavy atom. The lowest BCUT2D eigenvalue weighted by Gasteiger charge is -2.19. The molecule has 0 aromatic heterocycles. The van der Waals surface area contributed by atoms with Gasteiger partial charge in [-0.25, -0.2) is 13.8 Å². The van der Waals surface area contributed by atoms with E-state index in [-0.39, 0.29) is 18.6 Å². The Balaban J connectivity index is 1.60.